The van der Waals surface area contributed by atoms with Crippen molar-refractivity contribution in [3.8, 4) is 5.75 Å². The average Bonchev–Trinajstić information content (AvgIpc) is 2.88. The molecule has 4 heterocycles. The van der Waals surface area contributed by atoms with Gasteiger partial charge < -0.3 is 25.3 Å². The summed E-state index contributed by atoms with van der Waals surface area (Å²) in [5, 5.41) is 3.25. The molecular formula is C26H39ClN4O5. The van der Waals surface area contributed by atoms with Gasteiger partial charge in [-0.25, -0.2) is 0 Å². The minimum absolute atomic E-state index is 0.0643. The number of morpholine rings is 1. The minimum Gasteiger partial charge on any atom is -0.493 e. The summed E-state index contributed by atoms with van der Waals surface area (Å²) < 4.78 is 17.2. The maximum Gasteiger partial charge on any atom is 0.306 e. The third-order valence-corrected chi connectivity index (χ3v) is 7.67. The molecule has 1 aromatic rings. The predicted octanol–water partition coefficient (Wildman–Crippen LogP) is 2.56. The molecule has 0 spiro atoms. The number of nitrogens with zero attached hydrogens (tertiary/aromatic N) is 2. The number of esters is 1. The number of fused-ring (bicyclic) bond motifs is 3. The van der Waals surface area contributed by atoms with Crippen LogP contribution in [-0.2, 0) is 14.3 Å². The van der Waals surface area contributed by atoms with Gasteiger partial charge in [0.05, 0.1) is 35.6 Å². The Balaban J connectivity index is 1.15. The van der Waals surface area contributed by atoms with Crippen LogP contribution in [0, 0.1) is 5.92 Å². The zero-order valence-corrected chi connectivity index (χ0v) is 21.9. The Bertz CT molecular complexity index is 909. The molecule has 4 aliphatic rings. The SMILES string of the molecule is CCOc1cc(N)c(Cl)cc1C(=O)NC[C@H]1CN(CCCCC(=O)O[C@H]2CN3CCC2CC3)CCO1. The van der Waals surface area contributed by atoms with Crippen LogP contribution in [0.5, 0.6) is 5.75 Å². The molecule has 2 atom stereocenters. The van der Waals surface area contributed by atoms with Gasteiger partial charge in [0.2, 0.25) is 0 Å². The molecule has 0 unspecified atom stereocenters. The van der Waals surface area contributed by atoms with E-state index in [4.69, 9.17) is 31.5 Å². The summed E-state index contributed by atoms with van der Waals surface area (Å²) in [5.74, 6) is 0.621. The Morgan fingerprint density at radius 3 is 2.72 bits per heavy atom. The van der Waals surface area contributed by atoms with Crippen LogP contribution >= 0.6 is 11.6 Å². The van der Waals surface area contributed by atoms with Crippen LogP contribution < -0.4 is 15.8 Å². The van der Waals surface area contributed by atoms with Crippen molar-refractivity contribution < 1.29 is 23.8 Å². The van der Waals surface area contributed by atoms with E-state index in [9.17, 15) is 9.59 Å². The number of hydrogen-bond acceptors (Lipinski definition) is 8. The molecule has 4 saturated heterocycles. The van der Waals surface area contributed by atoms with Crippen molar-refractivity contribution in [2.24, 2.45) is 5.92 Å². The normalized spacial score (nSPS) is 25.9. The second-order valence-corrected chi connectivity index (χ2v) is 10.3. The fourth-order valence-electron chi connectivity index (χ4n) is 5.31. The Morgan fingerprint density at radius 2 is 2.00 bits per heavy atom. The maximum atomic E-state index is 12.8. The van der Waals surface area contributed by atoms with E-state index in [-0.39, 0.29) is 24.1 Å². The standard InChI is InChI=1S/C26H39ClN4O5/c1-2-34-23-14-22(28)21(27)13-20(23)26(33)29-15-19-16-30(11-12-35-19)8-4-3-5-25(32)36-24-17-31-9-6-18(24)7-10-31/h13-14,18-19,24H,2-12,15-17,28H2,1H3,(H,29,33)/t19-,24-/m0/s1. The summed E-state index contributed by atoms with van der Waals surface area (Å²) in [6.07, 6.45) is 4.50. The lowest BCUT2D eigenvalue weighted by Crippen LogP contribution is -2.51. The summed E-state index contributed by atoms with van der Waals surface area (Å²) >= 11 is 6.12. The predicted molar refractivity (Wildman–Crippen MR) is 138 cm³/mol. The van der Waals surface area contributed by atoms with Crippen LogP contribution in [0.2, 0.25) is 5.02 Å². The van der Waals surface area contributed by atoms with Crippen molar-refractivity contribution >= 4 is 29.2 Å². The molecule has 36 heavy (non-hydrogen) atoms. The lowest BCUT2D eigenvalue weighted by atomic mass is 9.86. The molecule has 0 aromatic heterocycles. The van der Waals surface area contributed by atoms with Gasteiger partial charge in [-0.3, -0.25) is 19.4 Å². The number of piperidine rings is 3. The monoisotopic (exact) mass is 522 g/mol. The number of amides is 1. The Hall–Kier alpha value is -2.07. The highest BCUT2D eigenvalue weighted by Gasteiger charge is 2.36. The van der Waals surface area contributed by atoms with Crippen LogP contribution in [0.4, 0.5) is 5.69 Å². The zero-order valence-electron chi connectivity index (χ0n) is 21.2. The molecule has 2 bridgehead atoms. The van der Waals surface area contributed by atoms with Crippen LogP contribution in [-0.4, -0.2) is 92.9 Å². The highest BCUT2D eigenvalue weighted by Crippen LogP contribution is 2.30. The molecule has 10 heteroatoms. The maximum absolute atomic E-state index is 12.8. The first-order valence-corrected chi connectivity index (χ1v) is 13.6. The van der Waals surface area contributed by atoms with E-state index in [1.54, 1.807) is 6.07 Å². The van der Waals surface area contributed by atoms with Gasteiger partial charge in [0.25, 0.3) is 5.91 Å². The van der Waals surface area contributed by atoms with Gasteiger partial charge in [0.15, 0.2) is 0 Å². The lowest BCUT2D eigenvalue weighted by Gasteiger charge is -2.43. The molecule has 4 fully saturated rings. The number of hydrogen-bond donors (Lipinski definition) is 2. The molecule has 5 rings (SSSR count). The fourth-order valence-corrected chi connectivity index (χ4v) is 5.47. The van der Waals surface area contributed by atoms with Crippen LogP contribution in [0.1, 0.15) is 49.4 Å². The quantitative estimate of drug-likeness (QED) is 0.259. The van der Waals surface area contributed by atoms with E-state index in [2.05, 4.69) is 15.1 Å². The van der Waals surface area contributed by atoms with Crippen molar-refractivity contribution in [3.05, 3.63) is 22.7 Å². The third-order valence-electron chi connectivity index (χ3n) is 7.34. The highest BCUT2D eigenvalue weighted by atomic mass is 35.5. The number of benzene rings is 1. The lowest BCUT2D eigenvalue weighted by molar-refractivity contribution is -0.158. The summed E-state index contributed by atoms with van der Waals surface area (Å²) in [6, 6.07) is 3.11. The van der Waals surface area contributed by atoms with Gasteiger partial charge in [-0.15, -0.1) is 0 Å². The fraction of sp³-hybridized carbons (Fsp3) is 0.692. The number of nitrogens with two attached hydrogens (primary N) is 1. The molecule has 0 radical (unpaired) electrons. The van der Waals surface area contributed by atoms with Gasteiger partial charge in [-0.05, 0) is 64.2 Å². The summed E-state index contributed by atoms with van der Waals surface area (Å²) in [7, 11) is 0. The summed E-state index contributed by atoms with van der Waals surface area (Å²) in [4.78, 5) is 29.8. The number of carbonyl (C=O) groups excluding carboxylic acids is 2. The molecule has 9 nitrogen and oxygen atoms in total. The number of halogens is 1. The first-order valence-electron chi connectivity index (χ1n) is 13.2. The Morgan fingerprint density at radius 1 is 1.19 bits per heavy atom. The smallest absolute Gasteiger partial charge is 0.306 e. The molecular weight excluding hydrogens is 484 g/mol. The third kappa shape index (κ3) is 7.25. The van der Waals surface area contributed by atoms with Crippen molar-refractivity contribution in [2.75, 3.05) is 64.8 Å². The minimum atomic E-state index is -0.275. The molecule has 3 N–H and O–H groups in total. The number of nitrogen functional groups attached to an aromatic ring is 1. The number of anilines is 1. The van der Waals surface area contributed by atoms with Crippen LogP contribution in [0.15, 0.2) is 12.1 Å². The van der Waals surface area contributed by atoms with Gasteiger partial charge >= 0.3 is 5.97 Å². The number of unbranched alkanes of at least 4 members (excludes halogenated alkanes) is 1. The van der Waals surface area contributed by atoms with E-state index >= 15 is 0 Å². The molecule has 4 aliphatic heterocycles. The molecule has 0 saturated carbocycles. The number of rotatable bonds is 11. The van der Waals surface area contributed by atoms with E-state index < -0.39 is 0 Å². The van der Waals surface area contributed by atoms with Crippen LogP contribution in [0.25, 0.3) is 0 Å². The Kier molecular flexibility index (Phi) is 9.70. The molecule has 0 aliphatic carbocycles. The first kappa shape index (κ1) is 27.0. The Labute approximate surface area is 218 Å². The van der Waals surface area contributed by atoms with Crippen molar-refractivity contribution in [2.45, 2.75) is 51.2 Å². The van der Waals surface area contributed by atoms with Crippen LogP contribution in [0.3, 0.4) is 0 Å². The van der Waals surface area contributed by atoms with E-state index in [0.717, 1.165) is 65.0 Å². The van der Waals surface area contributed by atoms with Gasteiger partial charge in [0, 0.05) is 38.7 Å². The van der Waals surface area contributed by atoms with Crippen molar-refractivity contribution in [3.63, 3.8) is 0 Å². The zero-order chi connectivity index (χ0) is 25.5. The van der Waals surface area contributed by atoms with Crippen molar-refractivity contribution in [1.29, 1.82) is 0 Å². The summed E-state index contributed by atoms with van der Waals surface area (Å²) in [6.45, 7) is 8.91. The van der Waals surface area contributed by atoms with Gasteiger partial charge in [0.1, 0.15) is 11.9 Å². The number of ether oxygens (including phenoxy) is 3. The van der Waals surface area contributed by atoms with E-state index in [1.807, 2.05) is 6.92 Å². The van der Waals surface area contributed by atoms with E-state index in [1.165, 1.54) is 6.07 Å². The second kappa shape index (κ2) is 12.9. The average molecular weight is 523 g/mol. The van der Waals surface area contributed by atoms with Gasteiger partial charge in [-0.1, -0.05) is 11.6 Å². The number of carbonyl (C=O) groups is 2. The van der Waals surface area contributed by atoms with Gasteiger partial charge in [-0.2, -0.15) is 0 Å². The van der Waals surface area contributed by atoms with E-state index in [0.29, 0.717) is 54.1 Å². The second-order valence-electron chi connectivity index (χ2n) is 9.93. The summed E-state index contributed by atoms with van der Waals surface area (Å²) in [5.41, 5.74) is 6.58. The largest absolute Gasteiger partial charge is 0.493 e. The molecule has 200 valence electrons. The highest BCUT2D eigenvalue weighted by molar-refractivity contribution is 6.33. The molecule has 1 amide bonds. The molecule has 1 aromatic carbocycles. The van der Waals surface area contributed by atoms with Crippen molar-refractivity contribution in [1.82, 2.24) is 15.1 Å². The first-order chi connectivity index (χ1) is 17.4. The number of nitrogens with one attached hydrogen (secondary N) is 1. The topological polar surface area (TPSA) is 106 Å².